The van der Waals surface area contributed by atoms with Gasteiger partial charge in [-0.05, 0) is 49.3 Å². The van der Waals surface area contributed by atoms with Gasteiger partial charge in [-0.15, -0.1) is 0 Å². The zero-order valence-corrected chi connectivity index (χ0v) is 17.8. The number of hydrogen-bond acceptors (Lipinski definition) is 4. The van der Waals surface area contributed by atoms with E-state index in [1.54, 1.807) is 24.3 Å². The number of amidine groups is 1. The zero-order valence-electron chi connectivity index (χ0n) is 17.0. The van der Waals surface area contributed by atoms with Gasteiger partial charge >= 0.3 is 0 Å². The number of rotatable bonds is 6. The number of hydrogen-bond donors (Lipinski definition) is 1. The fraction of sp³-hybridized carbons (Fsp3) is 0.391. The summed E-state index contributed by atoms with van der Waals surface area (Å²) in [4.78, 5) is 19.1. The fourth-order valence-corrected chi connectivity index (χ4v) is 5.41. The van der Waals surface area contributed by atoms with E-state index in [-0.39, 0.29) is 17.3 Å². The maximum atomic E-state index is 12.5. The van der Waals surface area contributed by atoms with Gasteiger partial charge in [-0.3, -0.25) is 14.5 Å². The van der Waals surface area contributed by atoms with Crippen LogP contribution in [0.1, 0.15) is 36.8 Å². The highest BCUT2D eigenvalue weighted by Gasteiger charge is 2.30. The van der Waals surface area contributed by atoms with Crippen LogP contribution >= 0.6 is 0 Å². The summed E-state index contributed by atoms with van der Waals surface area (Å²) in [7, 11) is -3.53. The van der Waals surface area contributed by atoms with E-state index in [9.17, 15) is 13.2 Å². The zero-order chi connectivity index (χ0) is 21.0. The van der Waals surface area contributed by atoms with Gasteiger partial charge in [0.05, 0.1) is 11.4 Å². The van der Waals surface area contributed by atoms with Crippen LogP contribution in [-0.4, -0.2) is 44.7 Å². The van der Waals surface area contributed by atoms with Crippen molar-refractivity contribution >= 4 is 21.8 Å². The minimum Gasteiger partial charge on any atom is -0.343 e. The van der Waals surface area contributed by atoms with E-state index >= 15 is 0 Å². The molecular formula is C23H27N3O3S. The van der Waals surface area contributed by atoms with E-state index in [1.807, 2.05) is 11.0 Å². The number of amides is 1. The van der Waals surface area contributed by atoms with Gasteiger partial charge < -0.3 is 4.90 Å². The average Bonchev–Trinajstić information content (AvgIpc) is 3.03. The van der Waals surface area contributed by atoms with Crippen molar-refractivity contribution in [1.29, 1.82) is 0 Å². The first-order chi connectivity index (χ1) is 14.5. The second-order valence-corrected chi connectivity index (χ2v) is 9.58. The summed E-state index contributed by atoms with van der Waals surface area (Å²) in [6.07, 6.45) is 4.64. The van der Waals surface area contributed by atoms with Crippen LogP contribution in [0.3, 0.4) is 0 Å². The molecule has 1 N–H and O–H groups in total. The number of piperidine rings is 1. The first-order valence-electron chi connectivity index (χ1n) is 10.5. The highest BCUT2D eigenvalue weighted by atomic mass is 32.2. The Morgan fingerprint density at radius 3 is 2.50 bits per heavy atom. The van der Waals surface area contributed by atoms with Crippen LogP contribution in [0.4, 0.5) is 0 Å². The molecule has 30 heavy (non-hydrogen) atoms. The van der Waals surface area contributed by atoms with Crippen molar-refractivity contribution in [2.24, 2.45) is 10.9 Å². The molecule has 0 bridgehead atoms. The van der Waals surface area contributed by atoms with Crippen LogP contribution in [0, 0.1) is 5.92 Å². The number of nitrogens with one attached hydrogen (secondary N) is 1. The fourth-order valence-electron chi connectivity index (χ4n) is 4.16. The molecule has 158 valence electrons. The SMILES string of the molecule is O=C(CCN=C1NS(=O)(=O)c2ccccc21)N1CCC(CCc2ccccc2)CC1. The van der Waals surface area contributed by atoms with E-state index in [4.69, 9.17) is 0 Å². The first kappa shape index (κ1) is 20.6. The minimum absolute atomic E-state index is 0.0926. The third-order valence-corrected chi connectivity index (χ3v) is 7.31. The molecule has 0 aromatic heterocycles. The quantitative estimate of drug-likeness (QED) is 0.773. The van der Waals surface area contributed by atoms with Gasteiger partial charge in [0, 0.05) is 25.1 Å². The molecule has 6 nitrogen and oxygen atoms in total. The Kier molecular flexibility index (Phi) is 6.18. The van der Waals surface area contributed by atoms with Crippen LogP contribution in [0.25, 0.3) is 0 Å². The average molecular weight is 426 g/mol. The van der Waals surface area contributed by atoms with Gasteiger partial charge in [0.2, 0.25) is 5.91 Å². The van der Waals surface area contributed by atoms with E-state index in [1.165, 1.54) is 12.0 Å². The molecule has 7 heteroatoms. The molecule has 4 rings (SSSR count). The van der Waals surface area contributed by atoms with Crippen LogP contribution in [0.2, 0.25) is 0 Å². The van der Waals surface area contributed by atoms with Gasteiger partial charge in [-0.2, -0.15) is 0 Å². The summed E-state index contributed by atoms with van der Waals surface area (Å²) < 4.78 is 26.7. The van der Waals surface area contributed by atoms with Crippen molar-refractivity contribution in [2.75, 3.05) is 19.6 Å². The number of fused-ring (bicyclic) bond motifs is 1. The minimum atomic E-state index is -3.53. The Bertz CT molecular complexity index is 1030. The van der Waals surface area contributed by atoms with Crippen molar-refractivity contribution in [3.63, 3.8) is 0 Å². The van der Waals surface area contributed by atoms with Crippen LogP contribution in [-0.2, 0) is 21.2 Å². The number of carbonyl (C=O) groups excluding carboxylic acids is 1. The molecule has 2 aliphatic rings. The molecule has 0 saturated carbocycles. The number of sulfonamides is 1. The maximum absolute atomic E-state index is 12.5. The maximum Gasteiger partial charge on any atom is 0.263 e. The predicted octanol–water partition coefficient (Wildman–Crippen LogP) is 2.99. The Morgan fingerprint density at radius 1 is 1.03 bits per heavy atom. The molecular weight excluding hydrogens is 398 g/mol. The third kappa shape index (κ3) is 4.73. The van der Waals surface area contributed by atoms with Gasteiger partial charge in [-0.25, -0.2) is 8.42 Å². The van der Waals surface area contributed by atoms with E-state index in [2.05, 4.69) is 34.0 Å². The summed E-state index contributed by atoms with van der Waals surface area (Å²) in [5.74, 6) is 1.09. The van der Waals surface area contributed by atoms with Crippen molar-refractivity contribution in [3.05, 3.63) is 65.7 Å². The highest BCUT2D eigenvalue weighted by Crippen LogP contribution is 2.24. The molecule has 2 heterocycles. The molecule has 2 aliphatic heterocycles. The summed E-state index contributed by atoms with van der Waals surface area (Å²) in [6, 6.07) is 17.3. The molecule has 0 aliphatic carbocycles. The van der Waals surface area contributed by atoms with E-state index in [0.29, 0.717) is 23.7 Å². The molecule has 1 fully saturated rings. The van der Waals surface area contributed by atoms with Crippen molar-refractivity contribution in [2.45, 2.75) is 37.0 Å². The third-order valence-electron chi connectivity index (χ3n) is 5.91. The normalized spacial score (nSPS) is 19.5. The van der Waals surface area contributed by atoms with Gasteiger partial charge in [0.1, 0.15) is 5.84 Å². The van der Waals surface area contributed by atoms with Gasteiger partial charge in [-0.1, -0.05) is 42.5 Å². The Balaban J connectivity index is 1.24. The van der Waals surface area contributed by atoms with Gasteiger partial charge in [0.25, 0.3) is 10.0 Å². The summed E-state index contributed by atoms with van der Waals surface area (Å²) in [6.45, 7) is 1.87. The van der Waals surface area contributed by atoms with Crippen molar-refractivity contribution in [3.8, 4) is 0 Å². The standard InChI is InChI=1S/C23H27N3O3S/c27-22(12-15-24-23-20-8-4-5-9-21(20)30(28,29)25-23)26-16-13-19(14-17-26)11-10-18-6-2-1-3-7-18/h1-9,19H,10-17H2,(H,24,25). The molecule has 2 aromatic carbocycles. The van der Waals surface area contributed by atoms with Crippen LogP contribution in [0.5, 0.6) is 0 Å². The summed E-state index contributed by atoms with van der Waals surface area (Å²) in [5, 5.41) is 0. The summed E-state index contributed by atoms with van der Waals surface area (Å²) in [5.41, 5.74) is 1.95. The largest absolute Gasteiger partial charge is 0.343 e. The number of likely N-dealkylation sites (tertiary alicyclic amines) is 1. The second-order valence-electron chi connectivity index (χ2n) is 7.93. The number of benzene rings is 2. The Morgan fingerprint density at radius 2 is 1.73 bits per heavy atom. The van der Waals surface area contributed by atoms with Gasteiger partial charge in [0.15, 0.2) is 0 Å². The molecule has 0 radical (unpaired) electrons. The van der Waals surface area contributed by atoms with Crippen molar-refractivity contribution in [1.82, 2.24) is 9.62 Å². The Labute approximate surface area is 178 Å². The molecule has 0 unspecified atom stereocenters. The van der Waals surface area contributed by atoms with E-state index in [0.717, 1.165) is 32.4 Å². The lowest BCUT2D eigenvalue weighted by molar-refractivity contribution is -0.132. The highest BCUT2D eigenvalue weighted by molar-refractivity contribution is 7.90. The lowest BCUT2D eigenvalue weighted by Gasteiger charge is -2.32. The molecule has 1 saturated heterocycles. The molecule has 0 spiro atoms. The number of aryl methyl sites for hydroxylation is 1. The van der Waals surface area contributed by atoms with E-state index < -0.39 is 10.0 Å². The topological polar surface area (TPSA) is 78.8 Å². The smallest absolute Gasteiger partial charge is 0.263 e. The molecule has 2 aromatic rings. The molecule has 1 amide bonds. The monoisotopic (exact) mass is 425 g/mol. The van der Waals surface area contributed by atoms with Crippen LogP contribution in [0.15, 0.2) is 64.5 Å². The first-order valence-corrected chi connectivity index (χ1v) is 12.0. The second kappa shape index (κ2) is 9.00. The lowest BCUT2D eigenvalue weighted by Crippen LogP contribution is -2.38. The Hall–Kier alpha value is -2.67. The van der Waals surface area contributed by atoms with Crippen molar-refractivity contribution < 1.29 is 13.2 Å². The number of aliphatic imine (C=N–C) groups is 1. The number of carbonyl (C=O) groups is 1. The lowest BCUT2D eigenvalue weighted by atomic mass is 9.90. The summed E-state index contributed by atoms with van der Waals surface area (Å²) >= 11 is 0. The predicted molar refractivity (Wildman–Crippen MR) is 117 cm³/mol. The molecule has 0 atom stereocenters. The van der Waals surface area contributed by atoms with Crippen LogP contribution < -0.4 is 4.72 Å². The number of nitrogens with zero attached hydrogens (tertiary/aromatic N) is 2.